The SMILES string of the molecule is C=C=C1CCCCC1N. The van der Waals surface area contributed by atoms with Crippen molar-refractivity contribution in [2.45, 2.75) is 31.7 Å². The lowest BCUT2D eigenvalue weighted by Gasteiger charge is -2.18. The molecule has 0 amide bonds. The first-order valence-corrected chi connectivity index (χ1v) is 3.49. The zero-order valence-corrected chi connectivity index (χ0v) is 5.69. The molecule has 0 saturated heterocycles. The van der Waals surface area contributed by atoms with Crippen LogP contribution >= 0.6 is 0 Å². The van der Waals surface area contributed by atoms with Gasteiger partial charge in [0.15, 0.2) is 0 Å². The third kappa shape index (κ3) is 1.44. The average molecular weight is 123 g/mol. The first-order chi connectivity index (χ1) is 4.34. The highest BCUT2D eigenvalue weighted by Gasteiger charge is 2.12. The number of rotatable bonds is 0. The molecule has 0 aromatic heterocycles. The van der Waals surface area contributed by atoms with Crippen LogP contribution in [0.5, 0.6) is 0 Å². The van der Waals surface area contributed by atoms with Crippen LogP contribution in [0.4, 0.5) is 0 Å². The first-order valence-electron chi connectivity index (χ1n) is 3.49. The molecule has 0 aliphatic heterocycles. The van der Waals surface area contributed by atoms with Crippen molar-refractivity contribution < 1.29 is 0 Å². The van der Waals surface area contributed by atoms with Crippen LogP contribution in [0.15, 0.2) is 17.9 Å². The van der Waals surface area contributed by atoms with E-state index in [2.05, 4.69) is 12.3 Å². The largest absolute Gasteiger partial charge is 0.324 e. The van der Waals surface area contributed by atoms with Gasteiger partial charge in [0.2, 0.25) is 0 Å². The summed E-state index contributed by atoms with van der Waals surface area (Å²) in [6.07, 6.45) is 4.78. The Bertz CT molecular complexity index is 143. The summed E-state index contributed by atoms with van der Waals surface area (Å²) in [6.45, 7) is 3.59. The highest BCUT2D eigenvalue weighted by atomic mass is 14.6. The monoisotopic (exact) mass is 123 g/mol. The van der Waals surface area contributed by atoms with Gasteiger partial charge in [-0.2, -0.15) is 0 Å². The predicted octanol–water partition coefficient (Wildman–Crippen LogP) is 1.60. The molecule has 1 unspecified atom stereocenters. The van der Waals surface area contributed by atoms with E-state index in [0.29, 0.717) is 0 Å². The third-order valence-electron chi connectivity index (χ3n) is 1.89. The Labute approximate surface area is 56.2 Å². The van der Waals surface area contributed by atoms with E-state index in [1.807, 2.05) is 0 Å². The molecule has 0 bridgehead atoms. The van der Waals surface area contributed by atoms with Crippen molar-refractivity contribution in [1.82, 2.24) is 0 Å². The van der Waals surface area contributed by atoms with Gasteiger partial charge in [-0.25, -0.2) is 0 Å². The van der Waals surface area contributed by atoms with Crippen molar-refractivity contribution >= 4 is 0 Å². The molecule has 1 aliphatic rings. The van der Waals surface area contributed by atoms with Gasteiger partial charge in [0.05, 0.1) is 0 Å². The molecule has 1 rings (SSSR count). The fraction of sp³-hybridized carbons (Fsp3) is 0.625. The number of nitrogens with two attached hydrogens (primary N) is 1. The Hall–Kier alpha value is -0.520. The Kier molecular flexibility index (Phi) is 2.10. The first kappa shape index (κ1) is 6.60. The maximum Gasteiger partial charge on any atom is 0.0329 e. The van der Waals surface area contributed by atoms with Crippen molar-refractivity contribution in [3.8, 4) is 0 Å². The average Bonchev–Trinajstić information content (AvgIpc) is 1.89. The molecule has 1 fully saturated rings. The summed E-state index contributed by atoms with van der Waals surface area (Å²) in [5, 5.41) is 0. The molecule has 1 saturated carbocycles. The van der Waals surface area contributed by atoms with Crippen molar-refractivity contribution in [2.24, 2.45) is 5.73 Å². The van der Waals surface area contributed by atoms with E-state index in [9.17, 15) is 0 Å². The maximum absolute atomic E-state index is 5.75. The molecule has 9 heavy (non-hydrogen) atoms. The van der Waals surface area contributed by atoms with Crippen LogP contribution in [-0.4, -0.2) is 6.04 Å². The lowest BCUT2D eigenvalue weighted by atomic mass is 9.91. The molecule has 0 aromatic rings. The molecule has 0 heterocycles. The van der Waals surface area contributed by atoms with Crippen LogP contribution in [0.3, 0.4) is 0 Å². The van der Waals surface area contributed by atoms with Crippen LogP contribution in [0.1, 0.15) is 25.7 Å². The quantitative estimate of drug-likeness (QED) is 0.486. The van der Waals surface area contributed by atoms with Gasteiger partial charge in [0.1, 0.15) is 0 Å². The minimum Gasteiger partial charge on any atom is -0.324 e. The van der Waals surface area contributed by atoms with Crippen LogP contribution < -0.4 is 5.73 Å². The summed E-state index contributed by atoms with van der Waals surface area (Å²) in [4.78, 5) is 0. The van der Waals surface area contributed by atoms with Gasteiger partial charge in [-0.05, 0) is 24.8 Å². The van der Waals surface area contributed by atoms with Gasteiger partial charge in [-0.15, -0.1) is 5.73 Å². The van der Waals surface area contributed by atoms with Crippen molar-refractivity contribution in [3.05, 3.63) is 17.9 Å². The van der Waals surface area contributed by atoms with E-state index in [0.717, 1.165) is 12.8 Å². The molecular weight excluding hydrogens is 110 g/mol. The summed E-state index contributed by atoms with van der Waals surface area (Å²) >= 11 is 0. The van der Waals surface area contributed by atoms with Crippen molar-refractivity contribution in [3.63, 3.8) is 0 Å². The lowest BCUT2D eigenvalue weighted by Crippen LogP contribution is -2.24. The number of hydrogen-bond acceptors (Lipinski definition) is 1. The van der Waals surface area contributed by atoms with E-state index in [-0.39, 0.29) is 6.04 Å². The number of hydrogen-bond donors (Lipinski definition) is 1. The van der Waals surface area contributed by atoms with Gasteiger partial charge >= 0.3 is 0 Å². The highest BCUT2D eigenvalue weighted by Crippen LogP contribution is 2.20. The van der Waals surface area contributed by atoms with Gasteiger partial charge in [-0.1, -0.05) is 13.0 Å². The topological polar surface area (TPSA) is 26.0 Å². The summed E-state index contributed by atoms with van der Waals surface area (Å²) < 4.78 is 0. The van der Waals surface area contributed by atoms with E-state index < -0.39 is 0 Å². The van der Waals surface area contributed by atoms with Crippen LogP contribution in [-0.2, 0) is 0 Å². The second-order valence-corrected chi connectivity index (χ2v) is 2.55. The smallest absolute Gasteiger partial charge is 0.0329 e. The molecule has 1 heteroatoms. The second kappa shape index (κ2) is 2.86. The lowest BCUT2D eigenvalue weighted by molar-refractivity contribution is 0.537. The third-order valence-corrected chi connectivity index (χ3v) is 1.89. The van der Waals surface area contributed by atoms with E-state index >= 15 is 0 Å². The van der Waals surface area contributed by atoms with E-state index in [4.69, 9.17) is 5.73 Å². The zero-order valence-electron chi connectivity index (χ0n) is 5.69. The van der Waals surface area contributed by atoms with Crippen molar-refractivity contribution in [1.29, 1.82) is 0 Å². The Balaban J connectivity index is 2.59. The maximum atomic E-state index is 5.75. The summed E-state index contributed by atoms with van der Waals surface area (Å²) in [5.41, 5.74) is 9.87. The van der Waals surface area contributed by atoms with Crippen LogP contribution in [0.2, 0.25) is 0 Å². The molecule has 50 valence electrons. The van der Waals surface area contributed by atoms with E-state index in [1.54, 1.807) is 0 Å². The summed E-state index contributed by atoms with van der Waals surface area (Å²) in [5.74, 6) is 0. The normalized spacial score (nSPS) is 27.7. The standard InChI is InChI=1S/C8H13N/c1-2-7-5-3-4-6-8(7)9/h8H,1,3-6,9H2. The Morgan fingerprint density at radius 2 is 2.33 bits per heavy atom. The van der Waals surface area contributed by atoms with Gasteiger partial charge in [0, 0.05) is 6.04 Å². The molecule has 0 radical (unpaired) electrons. The van der Waals surface area contributed by atoms with Crippen LogP contribution in [0.25, 0.3) is 0 Å². The fourth-order valence-electron chi connectivity index (χ4n) is 1.26. The minimum absolute atomic E-state index is 0.260. The van der Waals surface area contributed by atoms with E-state index in [1.165, 1.54) is 18.4 Å². The Morgan fingerprint density at radius 3 is 2.78 bits per heavy atom. The van der Waals surface area contributed by atoms with Gasteiger partial charge in [0.25, 0.3) is 0 Å². The summed E-state index contributed by atoms with van der Waals surface area (Å²) in [7, 11) is 0. The zero-order chi connectivity index (χ0) is 6.69. The Morgan fingerprint density at radius 1 is 1.56 bits per heavy atom. The van der Waals surface area contributed by atoms with Crippen molar-refractivity contribution in [2.75, 3.05) is 0 Å². The predicted molar refractivity (Wildman–Crippen MR) is 39.1 cm³/mol. The molecular formula is C8H13N. The molecule has 2 N–H and O–H groups in total. The fourth-order valence-corrected chi connectivity index (χ4v) is 1.26. The summed E-state index contributed by atoms with van der Waals surface area (Å²) in [6, 6.07) is 0.260. The molecule has 1 nitrogen and oxygen atoms in total. The minimum atomic E-state index is 0.260. The van der Waals surface area contributed by atoms with Crippen LogP contribution in [0, 0.1) is 0 Å². The van der Waals surface area contributed by atoms with Gasteiger partial charge in [-0.3, -0.25) is 0 Å². The molecule has 1 aliphatic carbocycles. The highest BCUT2D eigenvalue weighted by molar-refractivity contribution is 5.09. The second-order valence-electron chi connectivity index (χ2n) is 2.55. The molecule has 0 spiro atoms. The molecule has 1 atom stereocenters. The van der Waals surface area contributed by atoms with Gasteiger partial charge < -0.3 is 5.73 Å². The molecule has 0 aromatic carbocycles.